The van der Waals surface area contributed by atoms with Gasteiger partial charge in [-0.3, -0.25) is 9.78 Å². The highest BCUT2D eigenvalue weighted by atomic mass is 16.1. The van der Waals surface area contributed by atoms with Crippen molar-refractivity contribution in [3.63, 3.8) is 0 Å². The molecule has 0 aliphatic heterocycles. The topological polar surface area (TPSA) is 54.9 Å². The molecule has 1 N–H and O–H groups in total. The fourth-order valence-corrected chi connectivity index (χ4v) is 2.36. The highest BCUT2D eigenvalue weighted by Crippen LogP contribution is 2.19. The SMILES string of the molecule is Cc1ccnc(NC(=O)c2ccc(-c3ccccc3)nc2C)c1. The second-order valence-electron chi connectivity index (χ2n) is 5.37. The zero-order valence-electron chi connectivity index (χ0n) is 13.1. The monoisotopic (exact) mass is 303 g/mol. The van der Waals surface area contributed by atoms with Crippen LogP contribution in [0.25, 0.3) is 11.3 Å². The number of carbonyl (C=O) groups excluding carboxylic acids is 1. The van der Waals surface area contributed by atoms with Gasteiger partial charge in [-0.25, -0.2) is 4.98 Å². The maximum absolute atomic E-state index is 12.4. The molecule has 4 nitrogen and oxygen atoms in total. The molecule has 0 fully saturated rings. The second-order valence-corrected chi connectivity index (χ2v) is 5.37. The summed E-state index contributed by atoms with van der Waals surface area (Å²) < 4.78 is 0. The van der Waals surface area contributed by atoms with Crippen molar-refractivity contribution in [1.82, 2.24) is 9.97 Å². The van der Waals surface area contributed by atoms with Crippen LogP contribution in [0.2, 0.25) is 0 Å². The third-order valence-corrected chi connectivity index (χ3v) is 3.56. The number of aromatic nitrogens is 2. The Balaban J connectivity index is 1.84. The maximum Gasteiger partial charge on any atom is 0.258 e. The number of nitrogens with zero attached hydrogens (tertiary/aromatic N) is 2. The summed E-state index contributed by atoms with van der Waals surface area (Å²) in [6, 6.07) is 17.3. The molecule has 0 aliphatic carbocycles. The number of pyridine rings is 2. The van der Waals surface area contributed by atoms with Crippen molar-refractivity contribution < 1.29 is 4.79 Å². The molecule has 23 heavy (non-hydrogen) atoms. The first-order valence-corrected chi connectivity index (χ1v) is 7.40. The van der Waals surface area contributed by atoms with Gasteiger partial charge in [0, 0.05) is 11.8 Å². The van der Waals surface area contributed by atoms with E-state index >= 15 is 0 Å². The van der Waals surface area contributed by atoms with E-state index in [4.69, 9.17) is 0 Å². The number of rotatable bonds is 3. The lowest BCUT2D eigenvalue weighted by molar-refractivity contribution is 0.102. The lowest BCUT2D eigenvalue weighted by Crippen LogP contribution is -2.15. The second kappa shape index (κ2) is 6.40. The minimum atomic E-state index is -0.201. The first kappa shape index (κ1) is 14.9. The first-order valence-electron chi connectivity index (χ1n) is 7.40. The third-order valence-electron chi connectivity index (χ3n) is 3.56. The highest BCUT2D eigenvalue weighted by molar-refractivity contribution is 6.04. The van der Waals surface area contributed by atoms with E-state index in [1.54, 1.807) is 12.3 Å². The van der Waals surface area contributed by atoms with Crippen molar-refractivity contribution >= 4 is 11.7 Å². The summed E-state index contributed by atoms with van der Waals surface area (Å²) in [6.45, 7) is 3.80. The van der Waals surface area contributed by atoms with Crippen LogP contribution in [-0.2, 0) is 0 Å². The average molecular weight is 303 g/mol. The van der Waals surface area contributed by atoms with Gasteiger partial charge in [0.2, 0.25) is 0 Å². The molecule has 0 aliphatic rings. The van der Waals surface area contributed by atoms with Crippen LogP contribution in [0.1, 0.15) is 21.6 Å². The standard InChI is InChI=1S/C19H17N3O/c1-13-10-11-20-18(12-13)22-19(23)16-8-9-17(21-14(16)2)15-6-4-3-5-7-15/h3-12H,1-2H3,(H,20,22,23). The van der Waals surface area contributed by atoms with Gasteiger partial charge in [0.1, 0.15) is 5.82 Å². The fraction of sp³-hybridized carbons (Fsp3) is 0.105. The van der Waals surface area contributed by atoms with Gasteiger partial charge in [0.15, 0.2) is 0 Å². The van der Waals surface area contributed by atoms with Crippen LogP contribution in [0, 0.1) is 13.8 Å². The molecule has 3 rings (SSSR count). The average Bonchev–Trinajstić information content (AvgIpc) is 2.55. The molecule has 3 aromatic rings. The van der Waals surface area contributed by atoms with Crippen molar-refractivity contribution in [2.45, 2.75) is 13.8 Å². The molecule has 1 aromatic carbocycles. The Hall–Kier alpha value is -3.01. The van der Waals surface area contributed by atoms with Crippen LogP contribution in [-0.4, -0.2) is 15.9 Å². The van der Waals surface area contributed by atoms with E-state index in [2.05, 4.69) is 15.3 Å². The van der Waals surface area contributed by atoms with Crippen LogP contribution < -0.4 is 5.32 Å². The predicted octanol–water partition coefficient (Wildman–Crippen LogP) is 4.01. The number of benzene rings is 1. The van der Waals surface area contributed by atoms with Gasteiger partial charge in [-0.05, 0) is 43.7 Å². The molecule has 2 aromatic heterocycles. The molecule has 1 amide bonds. The lowest BCUT2D eigenvalue weighted by atomic mass is 10.1. The molecular weight excluding hydrogens is 286 g/mol. The summed E-state index contributed by atoms with van der Waals surface area (Å²) in [4.78, 5) is 21.1. The molecule has 114 valence electrons. The van der Waals surface area contributed by atoms with Crippen LogP contribution in [0.5, 0.6) is 0 Å². The molecular formula is C19H17N3O. The van der Waals surface area contributed by atoms with E-state index in [9.17, 15) is 4.79 Å². The summed E-state index contributed by atoms with van der Waals surface area (Å²) in [6.07, 6.45) is 1.68. The fourth-order valence-electron chi connectivity index (χ4n) is 2.36. The van der Waals surface area contributed by atoms with E-state index in [0.29, 0.717) is 17.1 Å². The Morgan fingerprint density at radius 2 is 1.78 bits per heavy atom. The number of hydrogen-bond donors (Lipinski definition) is 1. The van der Waals surface area contributed by atoms with E-state index in [0.717, 1.165) is 16.8 Å². The zero-order valence-corrected chi connectivity index (χ0v) is 13.1. The Bertz CT molecular complexity index is 844. The molecule has 4 heteroatoms. The summed E-state index contributed by atoms with van der Waals surface area (Å²) in [5.74, 6) is 0.342. The summed E-state index contributed by atoms with van der Waals surface area (Å²) in [7, 11) is 0. The minimum Gasteiger partial charge on any atom is -0.307 e. The third kappa shape index (κ3) is 3.43. The Morgan fingerprint density at radius 3 is 2.48 bits per heavy atom. The van der Waals surface area contributed by atoms with Gasteiger partial charge in [-0.2, -0.15) is 0 Å². The van der Waals surface area contributed by atoms with Gasteiger partial charge >= 0.3 is 0 Å². The normalized spacial score (nSPS) is 10.3. The number of anilines is 1. The summed E-state index contributed by atoms with van der Waals surface area (Å²) in [5, 5.41) is 2.81. The molecule has 0 radical (unpaired) electrons. The van der Waals surface area contributed by atoms with Gasteiger partial charge < -0.3 is 5.32 Å². The number of aryl methyl sites for hydroxylation is 2. The van der Waals surface area contributed by atoms with Crippen molar-refractivity contribution in [3.05, 3.63) is 77.6 Å². The van der Waals surface area contributed by atoms with Crippen LogP contribution in [0.3, 0.4) is 0 Å². The summed E-state index contributed by atoms with van der Waals surface area (Å²) >= 11 is 0. The number of carbonyl (C=O) groups is 1. The van der Waals surface area contributed by atoms with Gasteiger partial charge in [-0.1, -0.05) is 30.3 Å². The molecule has 0 saturated carbocycles. The van der Waals surface area contributed by atoms with Crippen molar-refractivity contribution in [3.8, 4) is 11.3 Å². The van der Waals surface area contributed by atoms with E-state index in [1.807, 2.05) is 62.4 Å². The predicted molar refractivity (Wildman–Crippen MR) is 91.3 cm³/mol. The number of nitrogens with one attached hydrogen (secondary N) is 1. The van der Waals surface area contributed by atoms with E-state index in [-0.39, 0.29) is 5.91 Å². The Labute approximate surface area is 135 Å². The van der Waals surface area contributed by atoms with E-state index in [1.165, 1.54) is 0 Å². The number of hydrogen-bond acceptors (Lipinski definition) is 3. The molecule has 0 atom stereocenters. The smallest absolute Gasteiger partial charge is 0.258 e. The highest BCUT2D eigenvalue weighted by Gasteiger charge is 2.12. The molecule has 0 unspecified atom stereocenters. The molecule has 0 saturated heterocycles. The van der Waals surface area contributed by atoms with Crippen molar-refractivity contribution in [2.24, 2.45) is 0 Å². The summed E-state index contributed by atoms with van der Waals surface area (Å²) in [5.41, 5.74) is 4.17. The largest absolute Gasteiger partial charge is 0.307 e. The molecule has 0 bridgehead atoms. The minimum absolute atomic E-state index is 0.201. The zero-order chi connectivity index (χ0) is 16.2. The Kier molecular flexibility index (Phi) is 4.15. The maximum atomic E-state index is 12.4. The van der Waals surface area contributed by atoms with Gasteiger partial charge in [0.05, 0.1) is 17.0 Å². The van der Waals surface area contributed by atoms with Crippen molar-refractivity contribution in [1.29, 1.82) is 0 Å². The first-order chi connectivity index (χ1) is 11.1. The molecule has 2 heterocycles. The van der Waals surface area contributed by atoms with E-state index < -0.39 is 0 Å². The van der Waals surface area contributed by atoms with Crippen LogP contribution in [0.15, 0.2) is 60.8 Å². The lowest BCUT2D eigenvalue weighted by Gasteiger charge is -2.09. The number of amides is 1. The van der Waals surface area contributed by atoms with Crippen LogP contribution in [0.4, 0.5) is 5.82 Å². The van der Waals surface area contributed by atoms with Crippen molar-refractivity contribution in [2.75, 3.05) is 5.32 Å². The van der Waals surface area contributed by atoms with Crippen LogP contribution >= 0.6 is 0 Å². The Morgan fingerprint density at radius 1 is 1.00 bits per heavy atom. The van der Waals surface area contributed by atoms with Gasteiger partial charge in [0.25, 0.3) is 5.91 Å². The molecule has 0 spiro atoms. The quantitative estimate of drug-likeness (QED) is 0.795. The van der Waals surface area contributed by atoms with Gasteiger partial charge in [-0.15, -0.1) is 0 Å².